The Morgan fingerprint density at radius 2 is 2.20 bits per heavy atom. The van der Waals surface area contributed by atoms with E-state index in [-0.39, 0.29) is 48.7 Å². The lowest BCUT2D eigenvalue weighted by atomic mass is 10.0. The van der Waals surface area contributed by atoms with Crippen molar-refractivity contribution < 1.29 is 32.0 Å². The summed E-state index contributed by atoms with van der Waals surface area (Å²) >= 11 is 0. The number of nitrogens with zero attached hydrogens (tertiary/aromatic N) is 3. The van der Waals surface area contributed by atoms with Crippen molar-refractivity contribution >= 4 is 24.9 Å². The van der Waals surface area contributed by atoms with Crippen LogP contribution < -0.4 is 11.3 Å². The molecular weight excluding hydrogens is 487 g/mol. The van der Waals surface area contributed by atoms with E-state index in [1.165, 1.54) is 6.33 Å². The zero-order chi connectivity index (χ0) is 24.9. The molecule has 2 fully saturated rings. The summed E-state index contributed by atoms with van der Waals surface area (Å²) in [5.74, 6) is -2.11. The topological polar surface area (TPSA) is 155 Å². The van der Waals surface area contributed by atoms with Crippen LogP contribution in [0.4, 0.5) is 14.7 Å². The van der Waals surface area contributed by atoms with Crippen molar-refractivity contribution in [3.63, 3.8) is 0 Å². The summed E-state index contributed by atoms with van der Waals surface area (Å²) < 4.78 is 58.5. The zero-order valence-corrected chi connectivity index (χ0v) is 19.2. The normalized spacial score (nSPS) is 29.2. The number of nitrogens with one attached hydrogen (secondary N) is 1. The molecule has 0 spiro atoms. The van der Waals surface area contributed by atoms with Gasteiger partial charge in [-0.1, -0.05) is 6.58 Å². The summed E-state index contributed by atoms with van der Waals surface area (Å²) in [6.45, 7) is 3.72. The zero-order valence-electron chi connectivity index (χ0n) is 18.3. The summed E-state index contributed by atoms with van der Waals surface area (Å²) in [4.78, 5) is 22.6. The number of imidazole rings is 1. The van der Waals surface area contributed by atoms with E-state index < -0.39 is 49.2 Å². The minimum atomic E-state index is -4.14. The lowest BCUT2D eigenvalue weighted by molar-refractivity contribution is 0.0154. The van der Waals surface area contributed by atoms with E-state index >= 15 is 0 Å². The van der Waals surface area contributed by atoms with E-state index in [2.05, 4.69) is 21.5 Å². The van der Waals surface area contributed by atoms with E-state index in [1.54, 1.807) is 4.57 Å². The van der Waals surface area contributed by atoms with Crippen LogP contribution in [0.1, 0.15) is 30.6 Å². The number of benzene rings is 1. The second-order valence-corrected chi connectivity index (χ2v) is 10.0. The molecule has 1 aliphatic carbocycles. The van der Waals surface area contributed by atoms with Crippen molar-refractivity contribution in [2.45, 2.75) is 31.1 Å². The van der Waals surface area contributed by atoms with E-state index in [1.807, 2.05) is 0 Å². The average molecular weight is 509 g/mol. The molecule has 0 amide bonds. The quantitative estimate of drug-likeness (QED) is 0.348. The fourth-order valence-corrected chi connectivity index (χ4v) is 5.84. The van der Waals surface area contributed by atoms with Crippen molar-refractivity contribution in [1.82, 2.24) is 19.5 Å². The Morgan fingerprint density at radius 3 is 3.00 bits per heavy atom. The number of anilines is 1. The van der Waals surface area contributed by atoms with Crippen LogP contribution in [0.5, 0.6) is 0 Å². The number of fused-ring (bicyclic) bond motifs is 1. The van der Waals surface area contributed by atoms with Gasteiger partial charge in [-0.25, -0.2) is 18.3 Å². The molecule has 1 aliphatic heterocycles. The highest BCUT2D eigenvalue weighted by Crippen LogP contribution is 2.58. The van der Waals surface area contributed by atoms with Crippen molar-refractivity contribution in [3.05, 3.63) is 64.2 Å². The van der Waals surface area contributed by atoms with Crippen LogP contribution in [0.2, 0.25) is 0 Å². The maximum atomic E-state index is 14.2. The van der Waals surface area contributed by atoms with E-state index in [0.717, 1.165) is 18.2 Å². The molecule has 35 heavy (non-hydrogen) atoms. The second-order valence-electron chi connectivity index (χ2n) is 8.40. The predicted molar refractivity (Wildman–Crippen MR) is 119 cm³/mol. The van der Waals surface area contributed by atoms with Gasteiger partial charge in [0.05, 0.1) is 37.8 Å². The number of nitrogen functional groups attached to an aromatic ring is 1. The fourth-order valence-electron chi connectivity index (χ4n) is 4.44. The number of nitrogens with two attached hydrogens (primary N) is 1. The van der Waals surface area contributed by atoms with Gasteiger partial charge in [-0.05, 0) is 30.2 Å². The van der Waals surface area contributed by atoms with Crippen molar-refractivity contribution in [1.29, 1.82) is 0 Å². The molecule has 4 N–H and O–H groups in total. The summed E-state index contributed by atoms with van der Waals surface area (Å²) in [7, 11) is -4.14. The van der Waals surface area contributed by atoms with Gasteiger partial charge in [-0.15, -0.1) is 0 Å². The fraction of sp³-hybridized carbons (Fsp3) is 0.381. The van der Waals surface area contributed by atoms with Crippen LogP contribution >= 0.6 is 7.82 Å². The molecule has 0 bridgehead atoms. The maximum absolute atomic E-state index is 14.2. The number of hydrogen-bond acceptors (Lipinski definition) is 9. The summed E-state index contributed by atoms with van der Waals surface area (Å²) in [5.41, 5.74) is 5.92. The number of H-pyrrole nitrogens is 1. The molecule has 2 aliphatic rings. The molecule has 11 nitrogen and oxygen atoms in total. The number of aliphatic hydroxyl groups excluding tert-OH is 1. The highest BCUT2D eigenvalue weighted by molar-refractivity contribution is 7.48. The average Bonchev–Trinajstić information content (AvgIpc) is 3.34. The number of hydrogen-bond donors (Lipinski definition) is 3. The largest absolute Gasteiger partial charge is 0.475 e. The van der Waals surface area contributed by atoms with Gasteiger partial charge < -0.3 is 15.4 Å². The molecule has 5 rings (SSSR count). The first-order chi connectivity index (χ1) is 16.6. The van der Waals surface area contributed by atoms with Gasteiger partial charge in [0.2, 0.25) is 5.95 Å². The van der Waals surface area contributed by atoms with Crippen molar-refractivity contribution in [3.8, 4) is 0 Å². The number of halogens is 2. The van der Waals surface area contributed by atoms with Crippen LogP contribution in [0, 0.1) is 17.6 Å². The molecule has 1 saturated heterocycles. The van der Waals surface area contributed by atoms with Gasteiger partial charge in [0, 0.05) is 17.9 Å². The first-order valence-electron chi connectivity index (χ1n) is 10.8. The Morgan fingerprint density at radius 1 is 1.40 bits per heavy atom. The Hall–Kier alpha value is -2.96. The molecule has 3 heterocycles. The van der Waals surface area contributed by atoms with E-state index in [4.69, 9.17) is 19.3 Å². The van der Waals surface area contributed by atoms with Crippen LogP contribution in [0.3, 0.4) is 0 Å². The minimum absolute atomic E-state index is 0.0582. The Kier molecular flexibility index (Phi) is 6.06. The monoisotopic (exact) mass is 509 g/mol. The molecular formula is C21H22F2N5O6P. The molecule has 2 aromatic heterocycles. The molecule has 1 unspecified atom stereocenters. The number of phosphoric acid groups is 1. The highest BCUT2D eigenvalue weighted by Gasteiger charge is 2.42. The number of aromatic nitrogens is 4. The first-order valence-corrected chi connectivity index (χ1v) is 12.2. The molecule has 1 saturated carbocycles. The summed E-state index contributed by atoms with van der Waals surface area (Å²) in [6.07, 6.45) is -0.196. The van der Waals surface area contributed by atoms with Crippen LogP contribution in [-0.2, 0) is 18.1 Å². The highest BCUT2D eigenvalue weighted by atomic mass is 31.2. The molecule has 5 atom stereocenters. The number of rotatable bonds is 5. The third kappa shape index (κ3) is 4.41. The Labute approximate surface area is 197 Å². The van der Waals surface area contributed by atoms with Gasteiger partial charge in [0.25, 0.3) is 5.56 Å². The van der Waals surface area contributed by atoms with Gasteiger partial charge in [-0.2, -0.15) is 4.98 Å². The summed E-state index contributed by atoms with van der Waals surface area (Å²) in [6, 6.07) is 2.43. The van der Waals surface area contributed by atoms with Gasteiger partial charge in [-0.3, -0.25) is 23.3 Å². The number of aliphatic hydroxyl groups is 1. The predicted octanol–water partition coefficient (Wildman–Crippen LogP) is 2.76. The summed E-state index contributed by atoms with van der Waals surface area (Å²) in [5, 5.41) is 10.7. The maximum Gasteiger partial charge on any atom is 0.475 e. The molecule has 0 radical (unpaired) electrons. The van der Waals surface area contributed by atoms with Crippen LogP contribution in [-0.4, -0.2) is 43.9 Å². The van der Waals surface area contributed by atoms with Crippen molar-refractivity contribution in [2.24, 2.45) is 5.92 Å². The third-order valence-corrected chi connectivity index (χ3v) is 7.70. The number of aromatic amines is 1. The molecule has 3 aromatic rings. The van der Waals surface area contributed by atoms with Crippen LogP contribution in [0.25, 0.3) is 11.2 Å². The molecule has 186 valence electrons. The standard InChI is InChI=1S/C21H22F2N5O6P/c1-10-13(16(29)7-15(10)28-9-25-18-19(28)26-21(24)27-20(18)30)8-33-35(31)32-5-4-17(34-35)12-6-11(22)2-3-14(12)23/h2-3,6,9,13,15-17,29H,1,4-5,7-8H2,(H3,24,26,27,30)/t13-,15-,16-,17+,35?/m0/s1. The van der Waals surface area contributed by atoms with Gasteiger partial charge in [0.15, 0.2) is 11.2 Å². The van der Waals surface area contributed by atoms with Crippen molar-refractivity contribution in [2.75, 3.05) is 18.9 Å². The number of phosphoric ester groups is 1. The smallest absolute Gasteiger partial charge is 0.392 e. The van der Waals surface area contributed by atoms with Gasteiger partial charge >= 0.3 is 7.82 Å². The SMILES string of the molecule is C=C1[C@H](COP2(=O)OCC[C@H](c3cc(F)ccc3F)O2)[C@@H](O)C[C@@H]1n1cnc2c(=O)[nH]c(N)nc21. The lowest BCUT2D eigenvalue weighted by Crippen LogP contribution is -2.22. The minimum Gasteiger partial charge on any atom is -0.392 e. The Bertz CT molecular complexity index is 1410. The first kappa shape index (κ1) is 23.8. The van der Waals surface area contributed by atoms with Gasteiger partial charge in [0.1, 0.15) is 11.6 Å². The van der Waals surface area contributed by atoms with Crippen LogP contribution in [0.15, 0.2) is 41.5 Å². The Balaban J connectivity index is 1.31. The van der Waals surface area contributed by atoms with E-state index in [0.29, 0.717) is 5.57 Å². The molecule has 14 heteroatoms. The lowest BCUT2D eigenvalue weighted by Gasteiger charge is -2.30. The van der Waals surface area contributed by atoms with E-state index in [9.17, 15) is 23.2 Å². The third-order valence-electron chi connectivity index (χ3n) is 6.22. The molecule has 1 aromatic carbocycles. The second kappa shape index (κ2) is 8.92.